The Kier molecular flexibility index (Phi) is 3.37. The van der Waals surface area contributed by atoms with E-state index in [9.17, 15) is 4.79 Å². The summed E-state index contributed by atoms with van der Waals surface area (Å²) in [7, 11) is 3.03. The Labute approximate surface area is 121 Å². The molecule has 1 amide bonds. The van der Waals surface area contributed by atoms with Crippen LogP contribution in [0.2, 0.25) is 0 Å². The molecule has 0 aliphatic heterocycles. The molecule has 2 aromatic heterocycles. The number of benzene rings is 1. The molecule has 6 heteroatoms. The van der Waals surface area contributed by atoms with Crippen molar-refractivity contribution in [3.63, 3.8) is 0 Å². The molecular formula is C15H14N4O2. The zero-order chi connectivity index (χ0) is 14.8. The smallest absolute Gasteiger partial charge is 0.274 e. The predicted molar refractivity (Wildman–Crippen MR) is 77.5 cm³/mol. The highest BCUT2D eigenvalue weighted by Gasteiger charge is 2.12. The topological polar surface area (TPSA) is 59.7 Å². The number of aromatic nitrogens is 3. The maximum absolute atomic E-state index is 12.0. The van der Waals surface area contributed by atoms with Crippen molar-refractivity contribution in [2.75, 3.05) is 14.2 Å². The summed E-state index contributed by atoms with van der Waals surface area (Å²) < 4.78 is 1.72. The van der Waals surface area contributed by atoms with Gasteiger partial charge in [-0.05, 0) is 23.8 Å². The second-order valence-electron chi connectivity index (χ2n) is 4.51. The lowest BCUT2D eigenvalue weighted by molar-refractivity contribution is -0.0756. The molecule has 106 valence electrons. The molecule has 0 saturated heterocycles. The summed E-state index contributed by atoms with van der Waals surface area (Å²) in [4.78, 5) is 21.2. The van der Waals surface area contributed by atoms with Gasteiger partial charge >= 0.3 is 0 Å². The molecule has 3 aromatic rings. The van der Waals surface area contributed by atoms with Crippen molar-refractivity contribution < 1.29 is 9.63 Å². The molecule has 0 fully saturated rings. The number of hydroxylamine groups is 2. The Morgan fingerprint density at radius 1 is 1.29 bits per heavy atom. The van der Waals surface area contributed by atoms with E-state index in [1.165, 1.54) is 12.2 Å². The second-order valence-corrected chi connectivity index (χ2v) is 4.51. The first-order valence-electron chi connectivity index (χ1n) is 6.41. The van der Waals surface area contributed by atoms with E-state index in [0.717, 1.165) is 16.8 Å². The van der Waals surface area contributed by atoms with E-state index in [1.807, 2.05) is 24.4 Å². The van der Waals surface area contributed by atoms with Gasteiger partial charge in [-0.3, -0.25) is 9.63 Å². The number of fused-ring (bicyclic) bond motifs is 1. The van der Waals surface area contributed by atoms with Gasteiger partial charge in [0.15, 0.2) is 5.65 Å². The van der Waals surface area contributed by atoms with Crippen LogP contribution in [-0.4, -0.2) is 39.7 Å². The summed E-state index contributed by atoms with van der Waals surface area (Å²) in [6, 6.07) is 9.11. The molecule has 0 N–H and O–H groups in total. The lowest BCUT2D eigenvalue weighted by atomic mass is 10.1. The Bertz CT molecular complexity index is 780. The van der Waals surface area contributed by atoms with Gasteiger partial charge in [-0.2, -0.15) is 5.10 Å². The minimum absolute atomic E-state index is 0.193. The molecule has 0 aliphatic carbocycles. The molecule has 0 unspecified atom stereocenters. The van der Waals surface area contributed by atoms with Gasteiger partial charge < -0.3 is 0 Å². The summed E-state index contributed by atoms with van der Waals surface area (Å²) in [5.41, 5.74) is 3.23. The largest absolute Gasteiger partial charge is 0.277 e. The average molecular weight is 282 g/mol. The Morgan fingerprint density at radius 2 is 2.05 bits per heavy atom. The summed E-state index contributed by atoms with van der Waals surface area (Å²) in [5, 5.41) is 5.44. The van der Waals surface area contributed by atoms with Crippen LogP contribution in [0.4, 0.5) is 0 Å². The number of carbonyl (C=O) groups excluding carboxylic acids is 1. The third-order valence-electron chi connectivity index (χ3n) is 3.28. The van der Waals surface area contributed by atoms with Gasteiger partial charge in [0.05, 0.1) is 13.3 Å². The summed E-state index contributed by atoms with van der Waals surface area (Å²) in [6.45, 7) is 0. The highest BCUT2D eigenvalue weighted by atomic mass is 16.7. The van der Waals surface area contributed by atoms with Crippen LogP contribution in [0.25, 0.3) is 16.8 Å². The molecule has 2 heterocycles. The minimum Gasteiger partial charge on any atom is -0.274 e. The lowest BCUT2D eigenvalue weighted by Crippen LogP contribution is -2.25. The number of carbonyl (C=O) groups is 1. The van der Waals surface area contributed by atoms with E-state index in [2.05, 4.69) is 10.1 Å². The van der Waals surface area contributed by atoms with E-state index in [1.54, 1.807) is 36.1 Å². The zero-order valence-electron chi connectivity index (χ0n) is 11.7. The van der Waals surface area contributed by atoms with Crippen molar-refractivity contribution in [3.05, 3.63) is 54.5 Å². The fourth-order valence-electron chi connectivity index (χ4n) is 2.09. The van der Waals surface area contributed by atoms with Crippen molar-refractivity contribution in [2.45, 2.75) is 0 Å². The van der Waals surface area contributed by atoms with Crippen molar-refractivity contribution >= 4 is 11.6 Å². The molecule has 21 heavy (non-hydrogen) atoms. The van der Waals surface area contributed by atoms with Crippen LogP contribution in [0.15, 0.2) is 48.9 Å². The van der Waals surface area contributed by atoms with Gasteiger partial charge in [0, 0.05) is 30.6 Å². The Hall–Kier alpha value is -2.73. The minimum atomic E-state index is -0.193. The van der Waals surface area contributed by atoms with E-state index in [4.69, 9.17) is 4.84 Å². The van der Waals surface area contributed by atoms with Crippen LogP contribution in [0.3, 0.4) is 0 Å². The van der Waals surface area contributed by atoms with Crippen LogP contribution >= 0.6 is 0 Å². The highest BCUT2D eigenvalue weighted by molar-refractivity contribution is 5.94. The maximum atomic E-state index is 12.0. The molecule has 0 radical (unpaired) electrons. The molecule has 6 nitrogen and oxygen atoms in total. The first kappa shape index (κ1) is 13.3. The predicted octanol–water partition coefficient (Wildman–Crippen LogP) is 2.03. The van der Waals surface area contributed by atoms with Crippen LogP contribution in [0.5, 0.6) is 0 Å². The standard InChI is InChI=1S/C15H14N4O2/c1-18(21-2)15(20)12-6-4-11(5-7-12)13-10-17-19-9-3-8-16-14(13)19/h3-10H,1-2H3. The first-order valence-corrected chi connectivity index (χ1v) is 6.41. The monoisotopic (exact) mass is 282 g/mol. The summed E-state index contributed by atoms with van der Waals surface area (Å²) >= 11 is 0. The Balaban J connectivity index is 1.96. The van der Waals surface area contributed by atoms with Crippen molar-refractivity contribution in [1.82, 2.24) is 19.7 Å². The molecule has 0 saturated carbocycles. The average Bonchev–Trinajstić information content (AvgIpc) is 2.97. The van der Waals surface area contributed by atoms with E-state index in [0.29, 0.717) is 5.56 Å². The van der Waals surface area contributed by atoms with Crippen LogP contribution in [0, 0.1) is 0 Å². The van der Waals surface area contributed by atoms with Gasteiger partial charge in [-0.1, -0.05) is 12.1 Å². The molecule has 0 bridgehead atoms. The highest BCUT2D eigenvalue weighted by Crippen LogP contribution is 2.23. The molecule has 1 aromatic carbocycles. The molecular weight excluding hydrogens is 268 g/mol. The summed E-state index contributed by atoms with van der Waals surface area (Å²) in [6.07, 6.45) is 5.34. The molecule has 0 spiro atoms. The van der Waals surface area contributed by atoms with Crippen molar-refractivity contribution in [3.8, 4) is 11.1 Å². The quantitative estimate of drug-likeness (QED) is 0.690. The number of hydrogen-bond donors (Lipinski definition) is 0. The maximum Gasteiger partial charge on any atom is 0.277 e. The van der Waals surface area contributed by atoms with Gasteiger partial charge in [0.1, 0.15) is 0 Å². The number of rotatable bonds is 3. The fraction of sp³-hybridized carbons (Fsp3) is 0.133. The van der Waals surface area contributed by atoms with Gasteiger partial charge in [-0.25, -0.2) is 14.6 Å². The van der Waals surface area contributed by atoms with Gasteiger partial charge in [-0.15, -0.1) is 0 Å². The lowest BCUT2D eigenvalue weighted by Gasteiger charge is -2.13. The normalized spacial score (nSPS) is 10.8. The SMILES string of the molecule is CON(C)C(=O)c1ccc(-c2cnn3cccnc23)cc1. The first-order chi connectivity index (χ1) is 10.2. The van der Waals surface area contributed by atoms with E-state index >= 15 is 0 Å². The van der Waals surface area contributed by atoms with Crippen molar-refractivity contribution in [1.29, 1.82) is 0 Å². The number of amides is 1. The molecule has 0 atom stereocenters. The number of nitrogens with zero attached hydrogens (tertiary/aromatic N) is 4. The zero-order valence-corrected chi connectivity index (χ0v) is 11.7. The second kappa shape index (κ2) is 5.34. The Morgan fingerprint density at radius 3 is 2.76 bits per heavy atom. The number of hydrogen-bond acceptors (Lipinski definition) is 4. The van der Waals surface area contributed by atoms with Crippen LogP contribution < -0.4 is 0 Å². The van der Waals surface area contributed by atoms with Crippen molar-refractivity contribution in [2.24, 2.45) is 0 Å². The molecule has 0 aliphatic rings. The van der Waals surface area contributed by atoms with E-state index in [-0.39, 0.29) is 5.91 Å². The van der Waals surface area contributed by atoms with E-state index < -0.39 is 0 Å². The molecule has 3 rings (SSSR count). The van der Waals surface area contributed by atoms with Gasteiger partial charge in [0.25, 0.3) is 5.91 Å². The van der Waals surface area contributed by atoms with Gasteiger partial charge in [0.2, 0.25) is 0 Å². The van der Waals surface area contributed by atoms with Crippen LogP contribution in [-0.2, 0) is 4.84 Å². The third-order valence-corrected chi connectivity index (χ3v) is 3.28. The fourth-order valence-corrected chi connectivity index (χ4v) is 2.09. The van der Waals surface area contributed by atoms with Crippen LogP contribution in [0.1, 0.15) is 10.4 Å². The summed E-state index contributed by atoms with van der Waals surface area (Å²) in [5.74, 6) is -0.193. The third kappa shape index (κ3) is 2.36.